The average Bonchev–Trinajstić information content (AvgIpc) is 3.26. The summed E-state index contributed by atoms with van der Waals surface area (Å²) in [5.74, 6) is 1.81. The average molecular weight is 462 g/mol. The topological polar surface area (TPSA) is 18.5 Å². The monoisotopic (exact) mass is 461 g/mol. The minimum Gasteiger partial charge on any atom is -0.491 e. The first-order valence-electron chi connectivity index (χ1n) is 10.9. The third-order valence-corrected chi connectivity index (χ3v) is 8.41. The number of hydrogen-bond donors (Lipinski definition) is 0. The molecule has 32 heavy (non-hydrogen) atoms. The minimum atomic E-state index is -0.202. The molecule has 0 saturated heterocycles. The summed E-state index contributed by atoms with van der Waals surface area (Å²) < 4.78 is 13.1. The van der Waals surface area contributed by atoms with E-state index in [2.05, 4.69) is 119 Å². The van der Waals surface area contributed by atoms with Gasteiger partial charge in [-0.2, -0.15) is 0 Å². The maximum Gasteiger partial charge on any atom is 0.220 e. The fourth-order valence-corrected chi connectivity index (χ4v) is 7.09. The van der Waals surface area contributed by atoms with Gasteiger partial charge in [-0.3, -0.25) is 0 Å². The van der Waals surface area contributed by atoms with Gasteiger partial charge in [0.2, 0.25) is 4.21 Å². The molecular formula is C28H29O2S2+. The van der Waals surface area contributed by atoms with Crippen molar-refractivity contribution in [2.75, 3.05) is 0 Å². The predicted octanol–water partition coefficient (Wildman–Crippen LogP) is 8.08. The zero-order chi connectivity index (χ0) is 22.5. The summed E-state index contributed by atoms with van der Waals surface area (Å²) in [5, 5.41) is 0. The van der Waals surface area contributed by atoms with E-state index in [0.717, 1.165) is 11.5 Å². The van der Waals surface area contributed by atoms with Crippen molar-refractivity contribution < 1.29 is 9.47 Å². The van der Waals surface area contributed by atoms with E-state index in [1.165, 1.54) is 24.4 Å². The van der Waals surface area contributed by atoms with Crippen LogP contribution in [0.25, 0.3) is 10.4 Å². The molecule has 4 rings (SSSR count). The standard InChI is InChI=1S/C28H29O2S2/c1-20(2)29-23-10-14-25(15-11-23)32(26-16-12-24(13-17-26)30-21(3)4)28-19-18-27(31-28)22-8-6-5-7-9-22/h5-21H,1-4H3/q+1. The normalized spacial score (nSPS) is 11.3. The Bertz CT molecular complexity index is 1060. The molecule has 0 unspecified atom stereocenters. The molecule has 0 N–H and O–H groups in total. The van der Waals surface area contributed by atoms with Crippen molar-refractivity contribution in [2.45, 2.75) is 53.9 Å². The third kappa shape index (κ3) is 5.56. The molecule has 4 heteroatoms. The Hall–Kier alpha value is -2.69. The summed E-state index contributed by atoms with van der Waals surface area (Å²) in [7, 11) is -0.202. The van der Waals surface area contributed by atoms with E-state index in [-0.39, 0.29) is 23.1 Å². The molecule has 4 aromatic rings. The Balaban J connectivity index is 1.71. The number of ether oxygens (including phenoxy) is 2. The highest BCUT2D eigenvalue weighted by atomic mass is 32.2. The van der Waals surface area contributed by atoms with Crippen LogP contribution in [0.2, 0.25) is 0 Å². The lowest BCUT2D eigenvalue weighted by Crippen LogP contribution is -2.07. The fraction of sp³-hybridized carbons (Fsp3) is 0.214. The molecule has 0 aliphatic carbocycles. The smallest absolute Gasteiger partial charge is 0.220 e. The Labute approximate surface area is 198 Å². The highest BCUT2D eigenvalue weighted by Crippen LogP contribution is 2.39. The third-order valence-electron chi connectivity index (χ3n) is 4.70. The molecule has 0 amide bonds. The Morgan fingerprint density at radius 1 is 0.594 bits per heavy atom. The number of thiophene rings is 1. The molecule has 0 fully saturated rings. The molecule has 0 aliphatic rings. The molecule has 0 aliphatic heterocycles. The van der Waals surface area contributed by atoms with E-state index in [9.17, 15) is 0 Å². The lowest BCUT2D eigenvalue weighted by molar-refractivity contribution is 0.242. The van der Waals surface area contributed by atoms with Crippen LogP contribution in [-0.2, 0) is 10.9 Å². The first-order chi connectivity index (χ1) is 15.5. The first-order valence-corrected chi connectivity index (χ1v) is 13.0. The van der Waals surface area contributed by atoms with Crippen LogP contribution in [0, 0.1) is 0 Å². The zero-order valence-electron chi connectivity index (χ0n) is 18.9. The second kappa shape index (κ2) is 10.3. The van der Waals surface area contributed by atoms with E-state index < -0.39 is 0 Å². The Morgan fingerprint density at radius 3 is 1.56 bits per heavy atom. The molecule has 3 aromatic carbocycles. The minimum absolute atomic E-state index is 0.165. The lowest BCUT2D eigenvalue weighted by atomic mass is 10.2. The van der Waals surface area contributed by atoms with Gasteiger partial charge in [0.05, 0.1) is 12.2 Å². The number of hydrogen-bond acceptors (Lipinski definition) is 3. The van der Waals surface area contributed by atoms with Crippen molar-refractivity contribution in [3.05, 3.63) is 91.0 Å². The molecule has 0 saturated carbocycles. The van der Waals surface area contributed by atoms with Crippen LogP contribution >= 0.6 is 11.3 Å². The second-order valence-corrected chi connectivity index (χ2v) is 11.4. The van der Waals surface area contributed by atoms with Gasteiger partial charge in [-0.05, 0) is 87.9 Å². The van der Waals surface area contributed by atoms with Crippen LogP contribution in [0.3, 0.4) is 0 Å². The molecular weight excluding hydrogens is 432 g/mol. The van der Waals surface area contributed by atoms with Crippen molar-refractivity contribution in [3.8, 4) is 21.9 Å². The van der Waals surface area contributed by atoms with Crippen LogP contribution < -0.4 is 9.47 Å². The largest absolute Gasteiger partial charge is 0.491 e. The predicted molar refractivity (Wildman–Crippen MR) is 136 cm³/mol. The van der Waals surface area contributed by atoms with Crippen LogP contribution in [-0.4, -0.2) is 12.2 Å². The van der Waals surface area contributed by atoms with Crippen molar-refractivity contribution in [3.63, 3.8) is 0 Å². The van der Waals surface area contributed by atoms with Gasteiger partial charge in [0, 0.05) is 10.9 Å². The summed E-state index contributed by atoms with van der Waals surface area (Å²) >= 11 is 1.86. The van der Waals surface area contributed by atoms with Crippen molar-refractivity contribution in [1.82, 2.24) is 0 Å². The van der Waals surface area contributed by atoms with E-state index >= 15 is 0 Å². The summed E-state index contributed by atoms with van der Waals surface area (Å²) in [4.78, 5) is 3.85. The molecule has 0 spiro atoms. The quantitative estimate of drug-likeness (QED) is 0.247. The van der Waals surface area contributed by atoms with Crippen molar-refractivity contribution >= 4 is 22.2 Å². The summed E-state index contributed by atoms with van der Waals surface area (Å²) in [6, 6.07) is 32.2. The number of benzene rings is 3. The van der Waals surface area contributed by atoms with Crippen molar-refractivity contribution in [1.29, 1.82) is 0 Å². The first kappa shape index (κ1) is 22.5. The van der Waals surface area contributed by atoms with Gasteiger partial charge < -0.3 is 9.47 Å². The van der Waals surface area contributed by atoms with Gasteiger partial charge in [-0.25, -0.2) is 0 Å². The van der Waals surface area contributed by atoms with E-state index in [1.807, 2.05) is 11.3 Å². The number of rotatable bonds is 8. The summed E-state index contributed by atoms with van der Waals surface area (Å²) in [6.07, 6.45) is 0.330. The Kier molecular flexibility index (Phi) is 7.23. The molecule has 0 bridgehead atoms. The van der Waals surface area contributed by atoms with Crippen molar-refractivity contribution in [2.24, 2.45) is 0 Å². The van der Waals surface area contributed by atoms with Crippen LogP contribution in [0.1, 0.15) is 27.7 Å². The van der Waals surface area contributed by atoms with E-state index in [0.29, 0.717) is 0 Å². The molecule has 164 valence electrons. The molecule has 0 atom stereocenters. The van der Waals surface area contributed by atoms with Gasteiger partial charge >= 0.3 is 0 Å². The highest BCUT2D eigenvalue weighted by molar-refractivity contribution is 7.99. The van der Waals surface area contributed by atoms with Crippen LogP contribution in [0.15, 0.2) is 105 Å². The van der Waals surface area contributed by atoms with Gasteiger partial charge in [-0.1, -0.05) is 41.7 Å². The summed E-state index contributed by atoms with van der Waals surface area (Å²) in [6.45, 7) is 8.21. The SMILES string of the molecule is CC(C)Oc1ccc([S+](c2ccc(OC(C)C)cc2)c2ccc(-c3ccccc3)s2)cc1. The van der Waals surface area contributed by atoms with Gasteiger partial charge in [0.15, 0.2) is 9.79 Å². The Morgan fingerprint density at radius 2 is 1.09 bits per heavy atom. The fourth-order valence-electron chi connectivity index (χ4n) is 3.41. The van der Waals surface area contributed by atoms with Crippen LogP contribution in [0.5, 0.6) is 11.5 Å². The van der Waals surface area contributed by atoms with Gasteiger partial charge in [-0.15, -0.1) is 0 Å². The van der Waals surface area contributed by atoms with Gasteiger partial charge in [0.25, 0.3) is 0 Å². The maximum atomic E-state index is 5.86. The second-order valence-electron chi connectivity index (χ2n) is 8.07. The van der Waals surface area contributed by atoms with E-state index in [4.69, 9.17) is 9.47 Å². The lowest BCUT2D eigenvalue weighted by Gasteiger charge is -2.12. The highest BCUT2D eigenvalue weighted by Gasteiger charge is 2.31. The molecule has 2 nitrogen and oxygen atoms in total. The van der Waals surface area contributed by atoms with E-state index in [1.54, 1.807) is 0 Å². The molecule has 1 heterocycles. The zero-order valence-corrected chi connectivity index (χ0v) is 20.6. The van der Waals surface area contributed by atoms with Crippen LogP contribution in [0.4, 0.5) is 0 Å². The summed E-state index contributed by atoms with van der Waals surface area (Å²) in [5.41, 5.74) is 1.26. The van der Waals surface area contributed by atoms with Gasteiger partial charge in [0.1, 0.15) is 22.4 Å². The molecule has 1 aromatic heterocycles. The maximum absolute atomic E-state index is 5.86. The molecule has 0 radical (unpaired) electrons.